The van der Waals surface area contributed by atoms with Gasteiger partial charge in [0, 0.05) is 26.4 Å². The topological polar surface area (TPSA) is 99.1 Å². The molecule has 0 atom stereocenters. The first-order valence-electron chi connectivity index (χ1n) is 8.45. The minimum Gasteiger partial charge on any atom is -0.481 e. The van der Waals surface area contributed by atoms with E-state index in [4.69, 9.17) is 5.11 Å². The molecule has 3 aromatic rings. The smallest absolute Gasteiger partial charge is 0.332 e. The molecule has 0 bridgehead atoms. The molecule has 1 aromatic carbocycles. The fourth-order valence-electron chi connectivity index (χ4n) is 2.86. The number of benzene rings is 1. The van der Waals surface area contributed by atoms with E-state index in [9.17, 15) is 14.4 Å². The van der Waals surface area contributed by atoms with Crippen molar-refractivity contribution in [2.24, 2.45) is 14.1 Å². The molecule has 9 heteroatoms. The van der Waals surface area contributed by atoms with Crippen LogP contribution in [0.2, 0.25) is 0 Å². The molecular weight excluding hydrogens is 368 g/mol. The van der Waals surface area contributed by atoms with E-state index >= 15 is 0 Å². The van der Waals surface area contributed by atoms with Gasteiger partial charge < -0.3 is 9.67 Å². The number of fused-ring (bicyclic) bond motifs is 1. The first-order valence-corrected chi connectivity index (χ1v) is 9.43. The fraction of sp³-hybridized carbons (Fsp3) is 0.333. The SMILES string of the molecule is Cn1c(=O)c2c(nc(SCCC(=O)O)n2CCc2ccccc2)n(C)c1=O. The van der Waals surface area contributed by atoms with Crippen molar-refractivity contribution in [3.63, 3.8) is 0 Å². The van der Waals surface area contributed by atoms with Crippen LogP contribution in [0.4, 0.5) is 0 Å². The molecule has 2 heterocycles. The summed E-state index contributed by atoms with van der Waals surface area (Å²) in [5.74, 6) is -0.559. The number of rotatable bonds is 7. The predicted molar refractivity (Wildman–Crippen MR) is 103 cm³/mol. The lowest BCUT2D eigenvalue weighted by Crippen LogP contribution is -2.37. The highest BCUT2D eigenvalue weighted by molar-refractivity contribution is 7.99. The Bertz CT molecular complexity index is 1100. The van der Waals surface area contributed by atoms with E-state index in [0.717, 1.165) is 10.1 Å². The maximum absolute atomic E-state index is 12.7. The van der Waals surface area contributed by atoms with Gasteiger partial charge in [-0.2, -0.15) is 0 Å². The summed E-state index contributed by atoms with van der Waals surface area (Å²) in [6, 6.07) is 9.85. The van der Waals surface area contributed by atoms with E-state index in [0.29, 0.717) is 35.0 Å². The fourth-order valence-corrected chi connectivity index (χ4v) is 3.81. The van der Waals surface area contributed by atoms with Gasteiger partial charge in [0.15, 0.2) is 16.3 Å². The van der Waals surface area contributed by atoms with Gasteiger partial charge in [0.2, 0.25) is 0 Å². The molecule has 27 heavy (non-hydrogen) atoms. The second kappa shape index (κ2) is 7.83. The highest BCUT2D eigenvalue weighted by Crippen LogP contribution is 2.23. The standard InChI is InChI=1S/C18H20N4O4S/c1-20-15-14(16(25)21(2)18(20)26)22(10-8-12-6-4-3-5-7-12)17(19-15)27-11-9-13(23)24/h3-7H,8-11H2,1-2H3,(H,23,24). The summed E-state index contributed by atoms with van der Waals surface area (Å²) in [5, 5.41) is 9.42. The van der Waals surface area contributed by atoms with Gasteiger partial charge in [0.25, 0.3) is 5.56 Å². The van der Waals surface area contributed by atoms with E-state index in [1.807, 2.05) is 30.3 Å². The van der Waals surface area contributed by atoms with Crippen LogP contribution >= 0.6 is 11.8 Å². The maximum atomic E-state index is 12.7. The Morgan fingerprint density at radius 1 is 1.15 bits per heavy atom. The van der Waals surface area contributed by atoms with Gasteiger partial charge in [-0.15, -0.1) is 0 Å². The summed E-state index contributed by atoms with van der Waals surface area (Å²) in [6.07, 6.45) is 0.675. The summed E-state index contributed by atoms with van der Waals surface area (Å²) in [7, 11) is 3.01. The number of nitrogens with zero attached hydrogens (tertiary/aromatic N) is 4. The Kier molecular flexibility index (Phi) is 5.50. The van der Waals surface area contributed by atoms with Crippen molar-refractivity contribution in [1.82, 2.24) is 18.7 Å². The van der Waals surface area contributed by atoms with Crippen LogP contribution in [0.1, 0.15) is 12.0 Å². The third-order valence-corrected chi connectivity index (χ3v) is 5.31. The van der Waals surface area contributed by atoms with Crippen LogP contribution in [-0.2, 0) is 31.9 Å². The normalized spacial score (nSPS) is 11.2. The van der Waals surface area contributed by atoms with E-state index < -0.39 is 17.2 Å². The van der Waals surface area contributed by atoms with Gasteiger partial charge in [-0.1, -0.05) is 42.1 Å². The highest BCUT2D eigenvalue weighted by Gasteiger charge is 2.19. The predicted octanol–water partition coefficient (Wildman–Crippen LogP) is 1.24. The molecule has 0 amide bonds. The van der Waals surface area contributed by atoms with Crippen molar-refractivity contribution < 1.29 is 9.90 Å². The van der Waals surface area contributed by atoms with Crippen molar-refractivity contribution in [3.8, 4) is 0 Å². The Balaban J connectivity index is 2.07. The second-order valence-corrected chi connectivity index (χ2v) is 7.21. The van der Waals surface area contributed by atoms with E-state index in [1.165, 1.54) is 23.4 Å². The van der Waals surface area contributed by atoms with Crippen molar-refractivity contribution in [2.75, 3.05) is 5.75 Å². The minimum atomic E-state index is -0.891. The number of imidazole rings is 1. The quantitative estimate of drug-likeness (QED) is 0.612. The van der Waals surface area contributed by atoms with Gasteiger partial charge in [-0.25, -0.2) is 9.78 Å². The molecular formula is C18H20N4O4S. The van der Waals surface area contributed by atoms with Crippen molar-refractivity contribution in [1.29, 1.82) is 0 Å². The minimum absolute atomic E-state index is 0.0104. The lowest BCUT2D eigenvalue weighted by atomic mass is 10.1. The zero-order valence-corrected chi connectivity index (χ0v) is 15.9. The van der Waals surface area contributed by atoms with Crippen molar-refractivity contribution >= 4 is 28.9 Å². The molecule has 1 N–H and O–H groups in total. The van der Waals surface area contributed by atoms with Crippen LogP contribution in [0.3, 0.4) is 0 Å². The van der Waals surface area contributed by atoms with E-state index in [1.54, 1.807) is 11.6 Å². The number of aliphatic carboxylic acids is 1. The number of thioether (sulfide) groups is 1. The summed E-state index contributed by atoms with van der Waals surface area (Å²) in [5.41, 5.74) is 0.936. The van der Waals surface area contributed by atoms with Crippen molar-refractivity contribution in [3.05, 3.63) is 56.7 Å². The Hall–Kier alpha value is -2.81. The Labute approximate surface area is 159 Å². The first-order chi connectivity index (χ1) is 12.9. The number of carboxylic acids is 1. The van der Waals surface area contributed by atoms with Gasteiger partial charge in [0.05, 0.1) is 6.42 Å². The number of aryl methyl sites for hydroxylation is 3. The monoisotopic (exact) mass is 388 g/mol. The summed E-state index contributed by atoms with van der Waals surface area (Å²) >= 11 is 1.27. The lowest BCUT2D eigenvalue weighted by Gasteiger charge is -2.09. The van der Waals surface area contributed by atoms with Crippen LogP contribution in [0.15, 0.2) is 45.1 Å². The third kappa shape index (κ3) is 3.82. The molecule has 0 radical (unpaired) electrons. The van der Waals surface area contributed by atoms with Crippen molar-refractivity contribution in [2.45, 2.75) is 24.5 Å². The van der Waals surface area contributed by atoms with Crippen LogP contribution < -0.4 is 11.2 Å². The number of aromatic nitrogens is 4. The molecule has 142 valence electrons. The maximum Gasteiger partial charge on any atom is 0.332 e. The second-order valence-electron chi connectivity index (χ2n) is 6.15. The Morgan fingerprint density at radius 2 is 1.85 bits per heavy atom. The van der Waals surface area contributed by atoms with Crippen LogP contribution in [0.25, 0.3) is 11.2 Å². The molecule has 0 aliphatic carbocycles. The first kappa shape index (κ1) is 19.0. The number of carboxylic acid groups (broad SMARTS) is 1. The summed E-state index contributed by atoms with van der Waals surface area (Å²) in [4.78, 5) is 40.2. The molecule has 0 unspecified atom stereocenters. The lowest BCUT2D eigenvalue weighted by molar-refractivity contribution is -0.136. The molecule has 0 fully saturated rings. The summed E-state index contributed by atoms with van der Waals surface area (Å²) < 4.78 is 4.20. The molecule has 0 aliphatic heterocycles. The highest BCUT2D eigenvalue weighted by atomic mass is 32.2. The van der Waals surface area contributed by atoms with Gasteiger partial charge in [0.1, 0.15) is 0 Å². The zero-order valence-electron chi connectivity index (χ0n) is 15.1. The summed E-state index contributed by atoms with van der Waals surface area (Å²) in [6.45, 7) is 0.503. The Morgan fingerprint density at radius 3 is 2.52 bits per heavy atom. The number of hydrogen-bond acceptors (Lipinski definition) is 5. The molecule has 8 nitrogen and oxygen atoms in total. The third-order valence-electron chi connectivity index (χ3n) is 4.33. The van der Waals surface area contributed by atoms with Crippen LogP contribution in [-0.4, -0.2) is 35.5 Å². The van der Waals surface area contributed by atoms with E-state index in [-0.39, 0.29) is 6.42 Å². The molecule has 0 saturated heterocycles. The molecule has 0 spiro atoms. The average molecular weight is 388 g/mol. The number of hydrogen-bond donors (Lipinski definition) is 1. The van der Waals surface area contributed by atoms with Crippen LogP contribution in [0, 0.1) is 0 Å². The number of carbonyl (C=O) groups is 1. The van der Waals surface area contributed by atoms with Gasteiger partial charge in [-0.3, -0.25) is 18.7 Å². The zero-order chi connectivity index (χ0) is 19.6. The van der Waals surface area contributed by atoms with Crippen LogP contribution in [0.5, 0.6) is 0 Å². The van der Waals surface area contributed by atoms with Gasteiger partial charge >= 0.3 is 11.7 Å². The largest absolute Gasteiger partial charge is 0.481 e. The molecule has 0 aliphatic rings. The van der Waals surface area contributed by atoms with E-state index in [2.05, 4.69) is 4.98 Å². The molecule has 0 saturated carbocycles. The van der Waals surface area contributed by atoms with Gasteiger partial charge in [-0.05, 0) is 12.0 Å². The molecule has 3 rings (SSSR count). The average Bonchev–Trinajstić information content (AvgIpc) is 3.02. The molecule has 2 aromatic heterocycles.